The maximum atomic E-state index is 6.37. The smallest absolute Gasteiger partial charge is 0.131 e. The van der Waals surface area contributed by atoms with E-state index in [0.29, 0.717) is 11.4 Å². The first-order chi connectivity index (χ1) is 16.5. The molecule has 0 aliphatic rings. The molecule has 4 aromatic carbocycles. The summed E-state index contributed by atoms with van der Waals surface area (Å²) in [5.41, 5.74) is 15.1. The van der Waals surface area contributed by atoms with Gasteiger partial charge in [0.05, 0.1) is 0 Å². The lowest BCUT2D eigenvalue weighted by Gasteiger charge is -2.34. The number of hydrogen-bond acceptors (Lipinski definition) is 4. The molecule has 0 bridgehead atoms. The van der Waals surface area contributed by atoms with Gasteiger partial charge in [-0.2, -0.15) is 0 Å². The molecular formula is C30H32N2O2. The molecule has 4 N–H and O–H groups in total. The lowest BCUT2D eigenvalue weighted by atomic mass is 9.72. The Balaban J connectivity index is 1.78. The molecule has 0 heterocycles. The number of benzene rings is 4. The summed E-state index contributed by atoms with van der Waals surface area (Å²) in [6.45, 7) is 4.49. The topological polar surface area (TPSA) is 70.5 Å². The second kappa shape index (κ2) is 10.3. The molecule has 4 nitrogen and oxygen atoms in total. The molecule has 0 aliphatic heterocycles. The van der Waals surface area contributed by atoms with Gasteiger partial charge in [-0.25, -0.2) is 0 Å². The van der Waals surface area contributed by atoms with Crippen LogP contribution in [0.5, 0.6) is 23.0 Å². The number of anilines is 2. The van der Waals surface area contributed by atoms with E-state index >= 15 is 0 Å². The number of ether oxygens (including phenoxy) is 2. The summed E-state index contributed by atoms with van der Waals surface area (Å²) in [6.07, 6.45) is 3.12. The highest BCUT2D eigenvalue weighted by Gasteiger charge is 2.34. The summed E-state index contributed by atoms with van der Waals surface area (Å²) in [6, 6.07) is 31.5. The molecule has 0 aromatic heterocycles. The van der Waals surface area contributed by atoms with Crippen molar-refractivity contribution in [3.63, 3.8) is 0 Å². The number of unbranched alkanes of at least 4 members (excludes halogenated alkanes) is 1. The Hall–Kier alpha value is -3.92. The summed E-state index contributed by atoms with van der Waals surface area (Å²) in [5.74, 6) is 3.16. The molecule has 0 radical (unpaired) electrons. The van der Waals surface area contributed by atoms with Crippen molar-refractivity contribution in [3.8, 4) is 23.0 Å². The Labute approximate surface area is 202 Å². The third-order valence-electron chi connectivity index (χ3n) is 6.21. The number of para-hydroxylation sites is 2. The average molecular weight is 453 g/mol. The first-order valence-electron chi connectivity index (χ1n) is 11.8. The minimum Gasteiger partial charge on any atom is -0.457 e. The van der Waals surface area contributed by atoms with Crippen molar-refractivity contribution in [2.24, 2.45) is 0 Å². The molecule has 0 saturated carbocycles. The van der Waals surface area contributed by atoms with Crippen LogP contribution < -0.4 is 20.9 Å². The monoisotopic (exact) mass is 452 g/mol. The van der Waals surface area contributed by atoms with Gasteiger partial charge in [-0.1, -0.05) is 63.1 Å². The maximum Gasteiger partial charge on any atom is 0.131 e. The molecule has 0 amide bonds. The van der Waals surface area contributed by atoms with E-state index in [9.17, 15) is 0 Å². The van der Waals surface area contributed by atoms with Crippen LogP contribution in [0.2, 0.25) is 0 Å². The second-order valence-electron chi connectivity index (χ2n) is 8.77. The predicted octanol–water partition coefficient (Wildman–Crippen LogP) is 7.93. The summed E-state index contributed by atoms with van der Waals surface area (Å²) in [7, 11) is 0. The Bertz CT molecular complexity index is 1130. The fourth-order valence-corrected chi connectivity index (χ4v) is 4.29. The van der Waals surface area contributed by atoms with E-state index in [0.717, 1.165) is 53.4 Å². The highest BCUT2D eigenvalue weighted by atomic mass is 16.5. The molecule has 4 heteroatoms. The molecule has 4 rings (SSSR count). The third kappa shape index (κ3) is 5.18. The van der Waals surface area contributed by atoms with E-state index in [4.69, 9.17) is 20.9 Å². The van der Waals surface area contributed by atoms with Gasteiger partial charge in [0.15, 0.2) is 0 Å². The fourth-order valence-electron chi connectivity index (χ4n) is 4.29. The van der Waals surface area contributed by atoms with E-state index in [1.807, 2.05) is 72.8 Å². The van der Waals surface area contributed by atoms with Gasteiger partial charge in [0.25, 0.3) is 0 Å². The fraction of sp³-hybridized carbons (Fsp3) is 0.200. The molecular weight excluding hydrogens is 420 g/mol. The molecule has 4 aromatic rings. The molecule has 0 unspecified atom stereocenters. The first kappa shape index (κ1) is 23.2. The van der Waals surface area contributed by atoms with Crippen LogP contribution in [0.25, 0.3) is 0 Å². The van der Waals surface area contributed by atoms with Gasteiger partial charge in [0.1, 0.15) is 23.0 Å². The zero-order valence-electron chi connectivity index (χ0n) is 19.8. The van der Waals surface area contributed by atoms with Crippen molar-refractivity contribution >= 4 is 11.4 Å². The SMILES string of the molecule is CCCCC(C)(c1ccccc1Oc1ccc(N)cc1)c1ccccc1Oc1ccc(N)cc1. The highest BCUT2D eigenvalue weighted by Crippen LogP contribution is 2.46. The molecule has 34 heavy (non-hydrogen) atoms. The average Bonchev–Trinajstić information content (AvgIpc) is 2.86. The summed E-state index contributed by atoms with van der Waals surface area (Å²) < 4.78 is 12.7. The lowest BCUT2D eigenvalue weighted by molar-refractivity contribution is 0.415. The van der Waals surface area contributed by atoms with Gasteiger partial charge in [0.2, 0.25) is 0 Å². The molecule has 0 spiro atoms. The molecule has 0 fully saturated rings. The molecule has 0 saturated heterocycles. The van der Waals surface area contributed by atoms with Crippen LogP contribution in [-0.4, -0.2) is 0 Å². The highest BCUT2D eigenvalue weighted by molar-refractivity contribution is 5.54. The van der Waals surface area contributed by atoms with E-state index < -0.39 is 0 Å². The predicted molar refractivity (Wildman–Crippen MR) is 141 cm³/mol. The van der Waals surface area contributed by atoms with Crippen LogP contribution in [-0.2, 0) is 5.41 Å². The van der Waals surface area contributed by atoms with Gasteiger partial charge in [-0.3, -0.25) is 0 Å². The van der Waals surface area contributed by atoms with Crippen molar-refractivity contribution in [2.75, 3.05) is 11.5 Å². The minimum atomic E-state index is -0.329. The van der Waals surface area contributed by atoms with E-state index in [-0.39, 0.29) is 5.41 Å². The van der Waals surface area contributed by atoms with Gasteiger partial charge in [0, 0.05) is 27.9 Å². The Morgan fingerprint density at radius 2 is 1.03 bits per heavy atom. The van der Waals surface area contributed by atoms with Crippen molar-refractivity contribution in [1.29, 1.82) is 0 Å². The second-order valence-corrected chi connectivity index (χ2v) is 8.77. The zero-order valence-corrected chi connectivity index (χ0v) is 19.8. The normalized spacial score (nSPS) is 11.2. The standard InChI is InChI=1S/C30H32N2O2/c1-3-4-21-30(2,26-9-5-7-11-28(26)33-24-17-13-22(31)14-18-24)27-10-6-8-12-29(27)34-25-19-15-23(32)16-20-25/h5-20H,3-4,21,31-32H2,1-2H3. The largest absolute Gasteiger partial charge is 0.457 e. The van der Waals surface area contributed by atoms with Crippen molar-refractivity contribution in [1.82, 2.24) is 0 Å². The number of rotatable bonds is 9. The maximum absolute atomic E-state index is 6.37. The zero-order chi connectivity index (χ0) is 24.0. The quantitative estimate of drug-likeness (QED) is 0.253. The molecule has 0 aliphatic carbocycles. The molecule has 174 valence electrons. The van der Waals surface area contributed by atoms with E-state index in [1.54, 1.807) is 0 Å². The Kier molecular flexibility index (Phi) is 7.07. The Morgan fingerprint density at radius 1 is 0.618 bits per heavy atom. The van der Waals surface area contributed by atoms with Crippen LogP contribution in [0.4, 0.5) is 11.4 Å². The summed E-state index contributed by atoms with van der Waals surface area (Å²) in [4.78, 5) is 0. The summed E-state index contributed by atoms with van der Waals surface area (Å²) in [5, 5.41) is 0. The van der Waals surface area contributed by atoms with Crippen molar-refractivity contribution < 1.29 is 9.47 Å². The van der Waals surface area contributed by atoms with Crippen LogP contribution in [0.15, 0.2) is 97.1 Å². The van der Waals surface area contributed by atoms with Gasteiger partial charge in [-0.05, 0) is 67.1 Å². The lowest BCUT2D eigenvalue weighted by Crippen LogP contribution is -2.25. The number of nitrogen functional groups attached to an aromatic ring is 2. The number of nitrogens with two attached hydrogens (primary N) is 2. The molecule has 0 atom stereocenters. The number of hydrogen-bond donors (Lipinski definition) is 2. The van der Waals surface area contributed by atoms with Gasteiger partial charge < -0.3 is 20.9 Å². The van der Waals surface area contributed by atoms with E-state index in [2.05, 4.69) is 38.1 Å². The van der Waals surface area contributed by atoms with Crippen molar-refractivity contribution in [3.05, 3.63) is 108 Å². The Morgan fingerprint density at radius 3 is 1.44 bits per heavy atom. The van der Waals surface area contributed by atoms with Gasteiger partial charge >= 0.3 is 0 Å². The van der Waals surface area contributed by atoms with Crippen LogP contribution in [0.1, 0.15) is 44.2 Å². The van der Waals surface area contributed by atoms with Crippen LogP contribution in [0.3, 0.4) is 0 Å². The minimum absolute atomic E-state index is 0.329. The third-order valence-corrected chi connectivity index (χ3v) is 6.21. The van der Waals surface area contributed by atoms with Crippen LogP contribution >= 0.6 is 0 Å². The van der Waals surface area contributed by atoms with Crippen LogP contribution in [0, 0.1) is 0 Å². The van der Waals surface area contributed by atoms with Gasteiger partial charge in [-0.15, -0.1) is 0 Å². The first-order valence-corrected chi connectivity index (χ1v) is 11.8. The van der Waals surface area contributed by atoms with Crippen molar-refractivity contribution in [2.45, 2.75) is 38.5 Å². The van der Waals surface area contributed by atoms with E-state index in [1.165, 1.54) is 0 Å². The summed E-state index contributed by atoms with van der Waals surface area (Å²) >= 11 is 0.